The minimum absolute atomic E-state index is 0.0213. The molecule has 1 aliphatic heterocycles. The second kappa shape index (κ2) is 5.95. The van der Waals surface area contributed by atoms with Crippen molar-refractivity contribution in [1.29, 1.82) is 0 Å². The number of amides is 1. The van der Waals surface area contributed by atoms with Gasteiger partial charge in [-0.25, -0.2) is 8.42 Å². The first kappa shape index (κ1) is 15.0. The average Bonchev–Trinajstić information content (AvgIpc) is 2.38. The van der Waals surface area contributed by atoms with Crippen LogP contribution in [0.25, 0.3) is 0 Å². The molecule has 4 nitrogen and oxygen atoms in total. The maximum absolute atomic E-state index is 12.3. The van der Waals surface area contributed by atoms with Gasteiger partial charge in [0, 0.05) is 19.3 Å². The van der Waals surface area contributed by atoms with Crippen LogP contribution in [-0.2, 0) is 21.1 Å². The number of carbonyl (C=O) groups excluding carboxylic acids is 1. The molecule has 0 aliphatic carbocycles. The van der Waals surface area contributed by atoms with Crippen molar-refractivity contribution in [1.82, 2.24) is 4.90 Å². The lowest BCUT2D eigenvalue weighted by Gasteiger charge is -2.30. The maximum atomic E-state index is 12.3. The highest BCUT2D eigenvalue weighted by atomic mass is 32.2. The second-order valence-electron chi connectivity index (χ2n) is 5.62. The van der Waals surface area contributed by atoms with Crippen molar-refractivity contribution in [2.75, 3.05) is 19.3 Å². The van der Waals surface area contributed by atoms with Crippen molar-refractivity contribution in [2.45, 2.75) is 31.1 Å². The number of piperidine rings is 1. The molecule has 20 heavy (non-hydrogen) atoms. The molecule has 0 bridgehead atoms. The number of carbonyl (C=O) groups is 1. The van der Waals surface area contributed by atoms with Gasteiger partial charge in [-0.05, 0) is 30.4 Å². The van der Waals surface area contributed by atoms with E-state index in [0.29, 0.717) is 11.5 Å². The van der Waals surface area contributed by atoms with Crippen molar-refractivity contribution in [3.63, 3.8) is 0 Å². The first-order chi connectivity index (χ1) is 9.38. The van der Waals surface area contributed by atoms with Gasteiger partial charge in [0.1, 0.15) is 0 Å². The Balaban J connectivity index is 2.13. The van der Waals surface area contributed by atoms with Crippen LogP contribution in [0.4, 0.5) is 0 Å². The van der Waals surface area contributed by atoms with E-state index in [1.807, 2.05) is 4.90 Å². The molecule has 1 aromatic rings. The van der Waals surface area contributed by atoms with Gasteiger partial charge in [-0.1, -0.05) is 25.1 Å². The lowest BCUT2D eigenvalue weighted by Crippen LogP contribution is -2.38. The van der Waals surface area contributed by atoms with Gasteiger partial charge in [-0.3, -0.25) is 4.79 Å². The SMILES string of the molecule is CC1CCN(C(=O)Cc2ccccc2S(C)(=O)=O)CC1. The molecular formula is C15H21NO3S. The molecule has 1 fully saturated rings. The predicted molar refractivity (Wildman–Crippen MR) is 78.2 cm³/mol. The largest absolute Gasteiger partial charge is 0.342 e. The van der Waals surface area contributed by atoms with Gasteiger partial charge >= 0.3 is 0 Å². The van der Waals surface area contributed by atoms with E-state index < -0.39 is 9.84 Å². The molecule has 0 aromatic heterocycles. The summed E-state index contributed by atoms with van der Waals surface area (Å²) < 4.78 is 23.5. The van der Waals surface area contributed by atoms with E-state index in [4.69, 9.17) is 0 Å². The summed E-state index contributed by atoms with van der Waals surface area (Å²) in [6, 6.07) is 6.75. The Kier molecular flexibility index (Phi) is 4.48. The maximum Gasteiger partial charge on any atom is 0.227 e. The van der Waals surface area contributed by atoms with Gasteiger partial charge in [0.15, 0.2) is 9.84 Å². The summed E-state index contributed by atoms with van der Waals surface area (Å²) in [6.45, 7) is 3.75. The van der Waals surface area contributed by atoms with Crippen LogP contribution in [0.15, 0.2) is 29.2 Å². The van der Waals surface area contributed by atoms with E-state index in [1.165, 1.54) is 6.26 Å². The third-order valence-corrected chi connectivity index (χ3v) is 5.05. The van der Waals surface area contributed by atoms with E-state index in [0.717, 1.165) is 25.9 Å². The van der Waals surface area contributed by atoms with Gasteiger partial charge in [0.05, 0.1) is 11.3 Å². The Morgan fingerprint density at radius 3 is 2.45 bits per heavy atom. The van der Waals surface area contributed by atoms with Gasteiger partial charge in [-0.2, -0.15) is 0 Å². The van der Waals surface area contributed by atoms with Crippen LogP contribution in [0, 0.1) is 5.92 Å². The fraction of sp³-hybridized carbons (Fsp3) is 0.533. The van der Waals surface area contributed by atoms with Crippen LogP contribution in [0.2, 0.25) is 0 Å². The van der Waals surface area contributed by atoms with Crippen molar-refractivity contribution in [3.05, 3.63) is 29.8 Å². The van der Waals surface area contributed by atoms with Crippen LogP contribution in [0.5, 0.6) is 0 Å². The molecule has 1 amide bonds. The van der Waals surface area contributed by atoms with Gasteiger partial charge < -0.3 is 4.90 Å². The van der Waals surface area contributed by atoms with Crippen molar-refractivity contribution in [2.24, 2.45) is 5.92 Å². The number of hydrogen-bond donors (Lipinski definition) is 0. The van der Waals surface area contributed by atoms with Crippen LogP contribution >= 0.6 is 0 Å². The normalized spacial score (nSPS) is 17.2. The third kappa shape index (κ3) is 3.60. The number of likely N-dealkylation sites (tertiary alicyclic amines) is 1. The number of rotatable bonds is 3. The molecule has 0 saturated carbocycles. The van der Waals surface area contributed by atoms with Gasteiger partial charge in [0.2, 0.25) is 5.91 Å². The highest BCUT2D eigenvalue weighted by molar-refractivity contribution is 7.90. The summed E-state index contributed by atoms with van der Waals surface area (Å²) >= 11 is 0. The lowest BCUT2D eigenvalue weighted by molar-refractivity contribution is -0.131. The van der Waals surface area contributed by atoms with E-state index in [-0.39, 0.29) is 17.2 Å². The Morgan fingerprint density at radius 2 is 1.85 bits per heavy atom. The second-order valence-corrected chi connectivity index (χ2v) is 7.60. The molecule has 5 heteroatoms. The van der Waals surface area contributed by atoms with Crippen LogP contribution in [0.3, 0.4) is 0 Å². The Bertz CT molecular complexity index is 587. The van der Waals surface area contributed by atoms with Crippen LogP contribution in [0.1, 0.15) is 25.3 Å². The minimum Gasteiger partial charge on any atom is -0.342 e. The Morgan fingerprint density at radius 1 is 1.25 bits per heavy atom. The van der Waals surface area contributed by atoms with E-state index in [2.05, 4.69) is 6.92 Å². The molecule has 1 saturated heterocycles. The molecule has 0 N–H and O–H groups in total. The Labute approximate surface area is 120 Å². The van der Waals surface area contributed by atoms with Crippen molar-refractivity contribution < 1.29 is 13.2 Å². The molecule has 0 spiro atoms. The lowest BCUT2D eigenvalue weighted by atomic mass is 9.98. The van der Waals surface area contributed by atoms with Crippen molar-refractivity contribution >= 4 is 15.7 Å². The predicted octanol–water partition coefficient (Wildman–Crippen LogP) is 1.89. The molecule has 1 aromatic carbocycles. The summed E-state index contributed by atoms with van der Waals surface area (Å²) in [5.74, 6) is 0.690. The molecule has 0 atom stereocenters. The number of benzene rings is 1. The van der Waals surface area contributed by atoms with Gasteiger partial charge in [-0.15, -0.1) is 0 Å². The van der Waals surface area contributed by atoms with Crippen molar-refractivity contribution in [3.8, 4) is 0 Å². The summed E-state index contributed by atoms with van der Waals surface area (Å²) in [5, 5.41) is 0. The number of hydrogen-bond acceptors (Lipinski definition) is 3. The molecule has 110 valence electrons. The fourth-order valence-corrected chi connectivity index (χ4v) is 3.49. The number of sulfone groups is 1. The van der Waals surface area contributed by atoms with Gasteiger partial charge in [0.25, 0.3) is 0 Å². The fourth-order valence-electron chi connectivity index (χ4n) is 2.54. The summed E-state index contributed by atoms with van der Waals surface area (Å²) in [7, 11) is -3.29. The molecular weight excluding hydrogens is 274 g/mol. The zero-order valence-electron chi connectivity index (χ0n) is 12.0. The molecule has 1 heterocycles. The van der Waals surface area contributed by atoms with E-state index in [1.54, 1.807) is 24.3 Å². The summed E-state index contributed by atoms with van der Waals surface area (Å²) in [6.07, 6.45) is 3.40. The quantitative estimate of drug-likeness (QED) is 0.855. The third-order valence-electron chi connectivity index (χ3n) is 3.85. The Hall–Kier alpha value is -1.36. The molecule has 0 unspecified atom stereocenters. The van der Waals surface area contributed by atoms with E-state index >= 15 is 0 Å². The van der Waals surface area contributed by atoms with E-state index in [9.17, 15) is 13.2 Å². The zero-order valence-corrected chi connectivity index (χ0v) is 12.8. The smallest absolute Gasteiger partial charge is 0.227 e. The first-order valence-corrected chi connectivity index (χ1v) is 8.83. The number of nitrogens with zero attached hydrogens (tertiary/aromatic N) is 1. The van der Waals surface area contributed by atoms with Crippen LogP contribution < -0.4 is 0 Å². The van der Waals surface area contributed by atoms with Crippen LogP contribution in [-0.4, -0.2) is 38.6 Å². The zero-order chi connectivity index (χ0) is 14.8. The highest BCUT2D eigenvalue weighted by Crippen LogP contribution is 2.20. The molecule has 1 aliphatic rings. The highest BCUT2D eigenvalue weighted by Gasteiger charge is 2.22. The first-order valence-electron chi connectivity index (χ1n) is 6.93. The molecule has 0 radical (unpaired) electrons. The standard InChI is InChI=1S/C15H21NO3S/c1-12-7-9-16(10-8-12)15(17)11-13-5-3-4-6-14(13)20(2,18)19/h3-6,12H,7-11H2,1-2H3. The summed E-state index contributed by atoms with van der Waals surface area (Å²) in [4.78, 5) is 14.4. The average molecular weight is 295 g/mol. The minimum atomic E-state index is -3.29. The summed E-state index contributed by atoms with van der Waals surface area (Å²) in [5.41, 5.74) is 0.596. The topological polar surface area (TPSA) is 54.5 Å². The monoisotopic (exact) mass is 295 g/mol. The molecule has 2 rings (SSSR count).